The zero-order chi connectivity index (χ0) is 15.7. The van der Waals surface area contributed by atoms with Crippen molar-refractivity contribution in [2.45, 2.75) is 26.4 Å². The van der Waals surface area contributed by atoms with E-state index in [2.05, 4.69) is 5.32 Å². The van der Waals surface area contributed by atoms with Crippen molar-refractivity contribution < 1.29 is 4.79 Å². The molecule has 4 heteroatoms. The van der Waals surface area contributed by atoms with Crippen molar-refractivity contribution in [2.75, 3.05) is 0 Å². The summed E-state index contributed by atoms with van der Waals surface area (Å²) in [7, 11) is 0. The van der Waals surface area contributed by atoms with E-state index in [1.807, 2.05) is 54.8 Å². The fourth-order valence-electron chi connectivity index (χ4n) is 2.76. The first kappa shape index (κ1) is 14.3. The number of nitrogens with one attached hydrogen (secondary N) is 1. The van der Waals surface area contributed by atoms with Crippen molar-refractivity contribution in [3.8, 4) is 0 Å². The fraction of sp³-hybridized carbons (Fsp3) is 0.222. The highest BCUT2D eigenvalue weighted by molar-refractivity contribution is 5.94. The number of carbonyl (C=O) groups is 1. The van der Waals surface area contributed by atoms with E-state index in [1.54, 1.807) is 12.1 Å². The standard InChI is InChI=1S/C18H18N2O2/c1-12(2)19-17(21)11-20-15-9-5-3-7-13(15)18(22)14-8-4-6-10-16(14)20/h3-10,12H,11H2,1-2H3,(H,19,21). The van der Waals surface area contributed by atoms with Gasteiger partial charge in [0.05, 0.1) is 11.0 Å². The molecule has 0 atom stereocenters. The summed E-state index contributed by atoms with van der Waals surface area (Å²) in [5.41, 5.74) is 1.57. The van der Waals surface area contributed by atoms with Gasteiger partial charge in [-0.1, -0.05) is 24.3 Å². The molecule has 0 unspecified atom stereocenters. The third-order valence-corrected chi connectivity index (χ3v) is 3.63. The number of rotatable bonds is 3. The third-order valence-electron chi connectivity index (χ3n) is 3.63. The van der Waals surface area contributed by atoms with E-state index in [0.717, 1.165) is 11.0 Å². The summed E-state index contributed by atoms with van der Waals surface area (Å²) in [6, 6.07) is 14.9. The predicted octanol–water partition coefficient (Wildman–Crippen LogP) is 2.68. The lowest BCUT2D eigenvalue weighted by molar-refractivity contribution is -0.122. The Morgan fingerprint density at radius 2 is 1.50 bits per heavy atom. The van der Waals surface area contributed by atoms with Gasteiger partial charge in [-0.05, 0) is 38.1 Å². The van der Waals surface area contributed by atoms with Gasteiger partial charge in [0.1, 0.15) is 6.54 Å². The quantitative estimate of drug-likeness (QED) is 0.755. The highest BCUT2D eigenvalue weighted by Gasteiger charge is 2.12. The summed E-state index contributed by atoms with van der Waals surface area (Å²) in [5.74, 6) is -0.0612. The summed E-state index contributed by atoms with van der Waals surface area (Å²) in [5, 5.41) is 4.17. The Morgan fingerprint density at radius 3 is 2.00 bits per heavy atom. The van der Waals surface area contributed by atoms with E-state index in [9.17, 15) is 9.59 Å². The average Bonchev–Trinajstić information content (AvgIpc) is 2.51. The van der Waals surface area contributed by atoms with Gasteiger partial charge in [0.25, 0.3) is 0 Å². The maximum absolute atomic E-state index is 12.6. The minimum Gasteiger partial charge on any atom is -0.352 e. The van der Waals surface area contributed by atoms with E-state index >= 15 is 0 Å². The molecule has 3 rings (SSSR count). The molecule has 1 heterocycles. The first-order valence-electron chi connectivity index (χ1n) is 7.37. The molecule has 3 aromatic rings. The molecule has 112 valence electrons. The lowest BCUT2D eigenvalue weighted by Crippen LogP contribution is -2.33. The lowest BCUT2D eigenvalue weighted by atomic mass is 10.1. The number of hydrogen-bond donors (Lipinski definition) is 1. The van der Waals surface area contributed by atoms with Gasteiger partial charge >= 0.3 is 0 Å². The normalized spacial score (nSPS) is 11.2. The number of pyridine rings is 1. The number of benzene rings is 2. The van der Waals surface area contributed by atoms with Crippen LogP contribution in [-0.4, -0.2) is 16.5 Å². The molecule has 1 amide bonds. The molecule has 1 N–H and O–H groups in total. The number of carbonyl (C=O) groups excluding carboxylic acids is 1. The zero-order valence-corrected chi connectivity index (χ0v) is 12.7. The highest BCUT2D eigenvalue weighted by Crippen LogP contribution is 2.18. The second kappa shape index (κ2) is 5.64. The van der Waals surface area contributed by atoms with E-state index < -0.39 is 0 Å². The smallest absolute Gasteiger partial charge is 0.240 e. The molecule has 2 aromatic carbocycles. The summed E-state index contributed by atoms with van der Waals surface area (Å²) >= 11 is 0. The van der Waals surface area contributed by atoms with Crippen molar-refractivity contribution in [3.05, 3.63) is 58.8 Å². The number of aromatic nitrogens is 1. The Hall–Kier alpha value is -2.62. The van der Waals surface area contributed by atoms with Crippen molar-refractivity contribution in [1.29, 1.82) is 0 Å². The van der Waals surface area contributed by atoms with Crippen molar-refractivity contribution in [2.24, 2.45) is 0 Å². The largest absolute Gasteiger partial charge is 0.352 e. The Bertz CT molecular complexity index is 850. The molecule has 0 bridgehead atoms. The molecule has 22 heavy (non-hydrogen) atoms. The Morgan fingerprint density at radius 1 is 1.00 bits per heavy atom. The van der Waals surface area contributed by atoms with Crippen LogP contribution in [0.1, 0.15) is 13.8 Å². The van der Waals surface area contributed by atoms with E-state index in [-0.39, 0.29) is 23.9 Å². The van der Waals surface area contributed by atoms with Crippen molar-refractivity contribution in [1.82, 2.24) is 9.88 Å². The Labute approximate surface area is 128 Å². The molecule has 0 spiro atoms. The molecule has 0 aliphatic rings. The summed E-state index contributed by atoms with van der Waals surface area (Å²) < 4.78 is 1.91. The number of hydrogen-bond acceptors (Lipinski definition) is 2. The second-order valence-electron chi connectivity index (χ2n) is 5.67. The van der Waals surface area contributed by atoms with E-state index in [0.29, 0.717) is 10.8 Å². The van der Waals surface area contributed by atoms with Crippen LogP contribution in [0.4, 0.5) is 0 Å². The maximum atomic E-state index is 12.6. The molecule has 0 saturated carbocycles. The van der Waals surface area contributed by atoms with Gasteiger partial charge in [-0.3, -0.25) is 9.59 Å². The third kappa shape index (κ3) is 2.48. The van der Waals surface area contributed by atoms with Crippen LogP contribution < -0.4 is 10.7 Å². The Balaban J connectivity index is 2.27. The van der Waals surface area contributed by atoms with E-state index in [4.69, 9.17) is 0 Å². The number of fused-ring (bicyclic) bond motifs is 2. The van der Waals surface area contributed by atoms with E-state index in [1.165, 1.54) is 0 Å². The first-order valence-corrected chi connectivity index (χ1v) is 7.37. The summed E-state index contributed by atoms with van der Waals surface area (Å²) in [6.45, 7) is 4.05. The number of amides is 1. The first-order chi connectivity index (χ1) is 10.6. The molecule has 0 aliphatic heterocycles. The van der Waals surface area contributed by atoms with Crippen LogP contribution in [0.25, 0.3) is 21.8 Å². The molecule has 0 aliphatic carbocycles. The van der Waals surface area contributed by atoms with Gasteiger partial charge in [0, 0.05) is 16.8 Å². The van der Waals surface area contributed by atoms with Gasteiger partial charge in [-0.15, -0.1) is 0 Å². The highest BCUT2D eigenvalue weighted by atomic mass is 16.2. The summed E-state index contributed by atoms with van der Waals surface area (Å²) in [4.78, 5) is 24.8. The Kier molecular flexibility index (Phi) is 3.67. The maximum Gasteiger partial charge on any atom is 0.240 e. The number of nitrogens with zero attached hydrogens (tertiary/aromatic N) is 1. The van der Waals surface area contributed by atoms with Crippen LogP contribution in [-0.2, 0) is 11.3 Å². The topological polar surface area (TPSA) is 51.1 Å². The molecule has 4 nitrogen and oxygen atoms in total. The fourth-order valence-corrected chi connectivity index (χ4v) is 2.76. The minimum atomic E-state index is -0.0612. The van der Waals surface area contributed by atoms with Crippen LogP contribution in [0.15, 0.2) is 53.3 Å². The van der Waals surface area contributed by atoms with Gasteiger partial charge in [0.2, 0.25) is 5.91 Å². The second-order valence-corrected chi connectivity index (χ2v) is 5.67. The molecule has 0 radical (unpaired) electrons. The minimum absolute atomic E-state index is 0.00622. The van der Waals surface area contributed by atoms with Gasteiger partial charge in [-0.25, -0.2) is 0 Å². The molecule has 1 aromatic heterocycles. The van der Waals surface area contributed by atoms with Crippen molar-refractivity contribution >= 4 is 27.7 Å². The van der Waals surface area contributed by atoms with Crippen LogP contribution in [0.5, 0.6) is 0 Å². The van der Waals surface area contributed by atoms with Crippen LogP contribution in [0.3, 0.4) is 0 Å². The monoisotopic (exact) mass is 294 g/mol. The SMILES string of the molecule is CC(C)NC(=O)Cn1c2ccccc2c(=O)c2ccccc21. The molecular formula is C18H18N2O2. The van der Waals surface area contributed by atoms with Gasteiger partial charge in [0.15, 0.2) is 5.43 Å². The van der Waals surface area contributed by atoms with Crippen LogP contribution in [0, 0.1) is 0 Å². The summed E-state index contributed by atoms with van der Waals surface area (Å²) in [6.07, 6.45) is 0. The van der Waals surface area contributed by atoms with Crippen LogP contribution in [0.2, 0.25) is 0 Å². The predicted molar refractivity (Wildman–Crippen MR) is 89.0 cm³/mol. The molecule has 0 fully saturated rings. The molecule has 0 saturated heterocycles. The van der Waals surface area contributed by atoms with Gasteiger partial charge in [-0.2, -0.15) is 0 Å². The molecular weight excluding hydrogens is 276 g/mol. The van der Waals surface area contributed by atoms with Crippen molar-refractivity contribution in [3.63, 3.8) is 0 Å². The lowest BCUT2D eigenvalue weighted by Gasteiger charge is -2.16. The van der Waals surface area contributed by atoms with Gasteiger partial charge < -0.3 is 9.88 Å². The zero-order valence-electron chi connectivity index (χ0n) is 12.7. The average molecular weight is 294 g/mol. The van der Waals surface area contributed by atoms with Crippen LogP contribution >= 0.6 is 0 Å². The number of para-hydroxylation sites is 2.